The zero-order valence-corrected chi connectivity index (χ0v) is 17.1. The fraction of sp³-hybridized carbons (Fsp3) is 0.458. The van der Waals surface area contributed by atoms with Gasteiger partial charge >= 0.3 is 0 Å². The van der Waals surface area contributed by atoms with E-state index in [4.69, 9.17) is 0 Å². The lowest BCUT2D eigenvalue weighted by atomic mass is 9.99. The smallest absolute Gasteiger partial charge is 0.251 e. The van der Waals surface area contributed by atoms with Crippen LogP contribution < -0.4 is 5.32 Å². The molecule has 3 rings (SSSR count). The van der Waals surface area contributed by atoms with Crippen molar-refractivity contribution in [1.29, 1.82) is 0 Å². The Balaban J connectivity index is 1.59. The number of hydrogen-bond acceptors (Lipinski definition) is 2. The monoisotopic (exact) mass is 364 g/mol. The van der Waals surface area contributed by atoms with Crippen LogP contribution in [-0.4, -0.2) is 23.9 Å². The van der Waals surface area contributed by atoms with Gasteiger partial charge in [0.2, 0.25) is 0 Å². The molecule has 1 heterocycles. The third kappa shape index (κ3) is 5.20. The third-order valence-corrected chi connectivity index (χ3v) is 5.74. The number of carbonyl (C=O) groups excluding carboxylic acids is 1. The standard InChI is InChI=1S/C24H32N2O/c1-17-6-5-13-26(15-17)16-21-8-11-22(12-9-21)24(27)25-20(4)23-10-7-18(2)19(3)14-23/h7-12,14,17,20H,5-6,13,15-16H2,1-4H3,(H,25,27). The second-order valence-corrected chi connectivity index (χ2v) is 8.22. The minimum absolute atomic E-state index is 0.00804. The molecule has 1 aliphatic rings. The van der Waals surface area contributed by atoms with Gasteiger partial charge in [-0.3, -0.25) is 9.69 Å². The molecule has 1 saturated heterocycles. The average molecular weight is 365 g/mol. The van der Waals surface area contributed by atoms with E-state index < -0.39 is 0 Å². The molecular formula is C24H32N2O. The van der Waals surface area contributed by atoms with Gasteiger partial charge in [-0.25, -0.2) is 0 Å². The zero-order valence-electron chi connectivity index (χ0n) is 17.1. The molecule has 3 nitrogen and oxygen atoms in total. The molecule has 2 aromatic rings. The maximum Gasteiger partial charge on any atom is 0.251 e. The van der Waals surface area contributed by atoms with E-state index in [1.54, 1.807) is 0 Å². The lowest BCUT2D eigenvalue weighted by molar-refractivity contribution is 0.0940. The van der Waals surface area contributed by atoms with Crippen molar-refractivity contribution in [1.82, 2.24) is 10.2 Å². The Labute approximate surface area is 163 Å². The van der Waals surface area contributed by atoms with Gasteiger partial charge in [0.05, 0.1) is 6.04 Å². The molecule has 0 aliphatic carbocycles. The number of piperidine rings is 1. The molecule has 2 unspecified atom stereocenters. The summed E-state index contributed by atoms with van der Waals surface area (Å²) in [5.74, 6) is 0.773. The van der Waals surface area contributed by atoms with Crippen LogP contribution in [0.4, 0.5) is 0 Å². The highest BCUT2D eigenvalue weighted by atomic mass is 16.1. The first kappa shape index (κ1) is 19.6. The van der Waals surface area contributed by atoms with Crippen molar-refractivity contribution in [2.75, 3.05) is 13.1 Å². The van der Waals surface area contributed by atoms with Gasteiger partial charge in [0.15, 0.2) is 0 Å². The molecular weight excluding hydrogens is 332 g/mol. The van der Waals surface area contributed by atoms with Crippen molar-refractivity contribution in [2.24, 2.45) is 5.92 Å². The van der Waals surface area contributed by atoms with Crippen LogP contribution in [0, 0.1) is 19.8 Å². The molecule has 144 valence electrons. The number of hydrogen-bond donors (Lipinski definition) is 1. The first-order chi connectivity index (χ1) is 12.9. The van der Waals surface area contributed by atoms with E-state index in [1.165, 1.54) is 42.6 Å². The molecule has 0 saturated carbocycles. The Bertz CT molecular complexity index is 781. The number of nitrogens with zero attached hydrogens (tertiary/aromatic N) is 1. The summed E-state index contributed by atoms with van der Waals surface area (Å²) in [6.07, 6.45) is 2.63. The van der Waals surface area contributed by atoms with Gasteiger partial charge in [-0.15, -0.1) is 0 Å². The maximum absolute atomic E-state index is 12.6. The Morgan fingerprint density at radius 2 is 1.89 bits per heavy atom. The summed E-state index contributed by atoms with van der Waals surface area (Å²) < 4.78 is 0. The van der Waals surface area contributed by atoms with Crippen LogP contribution in [0.3, 0.4) is 0 Å². The van der Waals surface area contributed by atoms with Crippen molar-refractivity contribution < 1.29 is 4.79 Å². The summed E-state index contributed by atoms with van der Waals surface area (Å²) in [5, 5.41) is 3.12. The SMILES string of the molecule is Cc1ccc(C(C)NC(=O)c2ccc(CN3CCCC(C)C3)cc2)cc1C. The van der Waals surface area contributed by atoms with Crippen molar-refractivity contribution in [3.63, 3.8) is 0 Å². The van der Waals surface area contributed by atoms with Crippen LogP contribution in [0.25, 0.3) is 0 Å². The van der Waals surface area contributed by atoms with Crippen molar-refractivity contribution in [3.05, 3.63) is 70.3 Å². The molecule has 1 N–H and O–H groups in total. The average Bonchev–Trinajstić information content (AvgIpc) is 2.64. The fourth-order valence-electron chi connectivity index (χ4n) is 3.85. The van der Waals surface area contributed by atoms with Gasteiger partial charge in [-0.1, -0.05) is 37.3 Å². The van der Waals surface area contributed by atoms with Crippen LogP contribution >= 0.6 is 0 Å². The van der Waals surface area contributed by atoms with Crippen LogP contribution in [0.15, 0.2) is 42.5 Å². The second kappa shape index (κ2) is 8.71. The van der Waals surface area contributed by atoms with Crippen LogP contribution in [0.2, 0.25) is 0 Å². The van der Waals surface area contributed by atoms with Gasteiger partial charge in [0.1, 0.15) is 0 Å². The maximum atomic E-state index is 12.6. The van der Waals surface area contributed by atoms with Crippen molar-refractivity contribution in [2.45, 2.75) is 53.1 Å². The molecule has 1 aliphatic heterocycles. The summed E-state index contributed by atoms with van der Waals surface area (Å²) in [7, 11) is 0. The highest BCUT2D eigenvalue weighted by Gasteiger charge is 2.17. The molecule has 1 fully saturated rings. The van der Waals surface area contributed by atoms with E-state index in [9.17, 15) is 4.79 Å². The number of likely N-dealkylation sites (tertiary alicyclic amines) is 1. The molecule has 3 heteroatoms. The Morgan fingerprint density at radius 1 is 1.15 bits per heavy atom. The Hall–Kier alpha value is -2.13. The van der Waals surface area contributed by atoms with Gasteiger partial charge in [-0.05, 0) is 80.5 Å². The Morgan fingerprint density at radius 3 is 2.56 bits per heavy atom. The van der Waals surface area contributed by atoms with Crippen LogP contribution in [0.1, 0.15) is 65.3 Å². The number of rotatable bonds is 5. The fourth-order valence-corrected chi connectivity index (χ4v) is 3.85. The summed E-state index contributed by atoms with van der Waals surface area (Å²) in [6.45, 7) is 11.9. The number of carbonyl (C=O) groups is 1. The van der Waals surface area contributed by atoms with Gasteiger partial charge in [0, 0.05) is 18.7 Å². The van der Waals surface area contributed by atoms with Gasteiger partial charge in [-0.2, -0.15) is 0 Å². The van der Waals surface area contributed by atoms with E-state index in [1.807, 2.05) is 19.1 Å². The van der Waals surface area contributed by atoms with Crippen molar-refractivity contribution in [3.8, 4) is 0 Å². The third-order valence-electron chi connectivity index (χ3n) is 5.74. The topological polar surface area (TPSA) is 32.3 Å². The quantitative estimate of drug-likeness (QED) is 0.807. The molecule has 0 spiro atoms. The van der Waals surface area contributed by atoms with E-state index >= 15 is 0 Å². The highest BCUT2D eigenvalue weighted by molar-refractivity contribution is 5.94. The number of aryl methyl sites for hydroxylation is 2. The summed E-state index contributed by atoms with van der Waals surface area (Å²) in [4.78, 5) is 15.1. The molecule has 0 radical (unpaired) electrons. The molecule has 2 aromatic carbocycles. The van der Waals surface area contributed by atoms with E-state index in [0.29, 0.717) is 0 Å². The van der Waals surface area contributed by atoms with E-state index in [0.717, 1.165) is 23.6 Å². The van der Waals surface area contributed by atoms with Crippen LogP contribution in [-0.2, 0) is 6.54 Å². The predicted molar refractivity (Wildman–Crippen MR) is 112 cm³/mol. The molecule has 27 heavy (non-hydrogen) atoms. The summed E-state index contributed by atoms with van der Waals surface area (Å²) in [6, 6.07) is 14.4. The minimum Gasteiger partial charge on any atom is -0.346 e. The largest absolute Gasteiger partial charge is 0.346 e. The summed E-state index contributed by atoms with van der Waals surface area (Å²) in [5.41, 5.74) is 5.67. The molecule has 0 aromatic heterocycles. The first-order valence-corrected chi connectivity index (χ1v) is 10.1. The number of benzene rings is 2. The minimum atomic E-state index is -0.0149. The van der Waals surface area contributed by atoms with E-state index in [-0.39, 0.29) is 11.9 Å². The van der Waals surface area contributed by atoms with E-state index in [2.05, 4.69) is 61.3 Å². The summed E-state index contributed by atoms with van der Waals surface area (Å²) >= 11 is 0. The Kier molecular flexibility index (Phi) is 6.33. The molecule has 1 amide bonds. The molecule has 2 atom stereocenters. The normalized spacial score (nSPS) is 18.9. The number of nitrogens with one attached hydrogen (secondary N) is 1. The first-order valence-electron chi connectivity index (χ1n) is 10.1. The molecule has 0 bridgehead atoms. The van der Waals surface area contributed by atoms with Crippen LogP contribution in [0.5, 0.6) is 0 Å². The van der Waals surface area contributed by atoms with Gasteiger partial charge < -0.3 is 5.32 Å². The lowest BCUT2D eigenvalue weighted by Crippen LogP contribution is -2.33. The second-order valence-electron chi connectivity index (χ2n) is 8.22. The van der Waals surface area contributed by atoms with Crippen molar-refractivity contribution >= 4 is 5.91 Å². The highest BCUT2D eigenvalue weighted by Crippen LogP contribution is 2.19. The predicted octanol–water partition coefficient (Wildman–Crippen LogP) is 5.03. The zero-order chi connectivity index (χ0) is 19.4. The number of amides is 1. The lowest BCUT2D eigenvalue weighted by Gasteiger charge is -2.30. The van der Waals surface area contributed by atoms with Gasteiger partial charge in [0.25, 0.3) is 5.91 Å².